The number of carbonyl (C=O) groups excluding carboxylic acids is 2. The number of fused-ring (bicyclic) bond motifs is 1. The minimum absolute atomic E-state index is 0.00230. The Balaban J connectivity index is 1.28. The van der Waals surface area contributed by atoms with E-state index in [1.54, 1.807) is 23.1 Å². The molecular weight excluding hydrogens is 560 g/mol. The van der Waals surface area contributed by atoms with E-state index in [2.05, 4.69) is 10.6 Å². The van der Waals surface area contributed by atoms with Crippen LogP contribution in [0.1, 0.15) is 44.0 Å². The van der Waals surface area contributed by atoms with Crippen molar-refractivity contribution in [1.82, 2.24) is 14.5 Å². The monoisotopic (exact) mass is 591 g/mol. The predicted molar refractivity (Wildman–Crippen MR) is 161 cm³/mol. The predicted octanol–water partition coefficient (Wildman–Crippen LogP) is 7.33. The Hall–Kier alpha value is -4.24. The number of imidazole rings is 1. The molecule has 0 atom stereocenters. The van der Waals surface area contributed by atoms with Gasteiger partial charge in [0.2, 0.25) is 11.8 Å². The molecule has 0 bridgehead atoms. The number of hydrogen-bond acceptors (Lipinski definition) is 4. The molecule has 2 heterocycles. The molecule has 7 nitrogen and oxygen atoms in total. The second-order valence-electron chi connectivity index (χ2n) is 10.3. The summed E-state index contributed by atoms with van der Waals surface area (Å²) in [6.45, 7) is 3.28. The Labute approximate surface area is 248 Å². The first kappa shape index (κ1) is 29.3. The van der Waals surface area contributed by atoms with Gasteiger partial charge in [-0.2, -0.15) is 0 Å². The van der Waals surface area contributed by atoms with E-state index >= 15 is 0 Å². The van der Waals surface area contributed by atoms with Gasteiger partial charge in [0.25, 0.3) is 0 Å². The number of rotatable bonds is 10. The standard InChI is InChI=1S/C32H32ClF2N5O2/c1-2-3-7-29(41)36-24-11-8-21(9-12-24)10-15-30(42)39-16-17-40-28(20-39)38-31(22-5-4-6-23(34)18-22)32(40)37-25-13-14-26(33)27(35)19-25/h4-6,8-9,11-14,18-19,37H,2-3,7,10,15-17,20H2,1H3,(H,36,41). The Kier molecular flexibility index (Phi) is 9.17. The Morgan fingerprint density at radius 1 is 0.976 bits per heavy atom. The van der Waals surface area contributed by atoms with E-state index < -0.39 is 11.6 Å². The van der Waals surface area contributed by atoms with Crippen molar-refractivity contribution in [2.75, 3.05) is 17.2 Å². The van der Waals surface area contributed by atoms with Crippen LogP contribution in [0.4, 0.5) is 26.0 Å². The first-order valence-electron chi connectivity index (χ1n) is 14.0. The quantitative estimate of drug-likeness (QED) is 0.202. The molecule has 0 radical (unpaired) electrons. The summed E-state index contributed by atoms with van der Waals surface area (Å²) in [6, 6.07) is 18.1. The number of amides is 2. The van der Waals surface area contributed by atoms with Gasteiger partial charge in [-0.25, -0.2) is 13.8 Å². The lowest BCUT2D eigenvalue weighted by Gasteiger charge is -2.28. The molecule has 1 aliphatic heterocycles. The minimum Gasteiger partial charge on any atom is -0.340 e. The lowest BCUT2D eigenvalue weighted by molar-refractivity contribution is -0.132. The first-order chi connectivity index (χ1) is 20.3. The molecule has 1 aromatic heterocycles. The summed E-state index contributed by atoms with van der Waals surface area (Å²) in [5.41, 5.74) is 3.30. The van der Waals surface area contributed by atoms with Gasteiger partial charge in [0.15, 0.2) is 0 Å². The molecule has 0 aliphatic carbocycles. The summed E-state index contributed by atoms with van der Waals surface area (Å²) >= 11 is 5.86. The van der Waals surface area contributed by atoms with Crippen molar-refractivity contribution in [3.8, 4) is 11.3 Å². The second kappa shape index (κ2) is 13.2. The zero-order valence-electron chi connectivity index (χ0n) is 23.3. The summed E-state index contributed by atoms with van der Waals surface area (Å²) in [7, 11) is 0. The van der Waals surface area contributed by atoms with Gasteiger partial charge in [0.1, 0.15) is 29.0 Å². The highest BCUT2D eigenvalue weighted by molar-refractivity contribution is 6.30. The van der Waals surface area contributed by atoms with Crippen molar-refractivity contribution >= 4 is 40.6 Å². The van der Waals surface area contributed by atoms with Crippen LogP contribution in [0.2, 0.25) is 5.02 Å². The third-order valence-corrected chi connectivity index (χ3v) is 7.53. The molecule has 0 spiro atoms. The van der Waals surface area contributed by atoms with Gasteiger partial charge in [-0.3, -0.25) is 9.59 Å². The van der Waals surface area contributed by atoms with E-state index in [0.29, 0.717) is 67.5 Å². The molecular formula is C32H32ClF2N5O2. The fraction of sp³-hybridized carbons (Fsp3) is 0.281. The zero-order chi connectivity index (χ0) is 29.6. The van der Waals surface area contributed by atoms with Crippen LogP contribution in [0.25, 0.3) is 11.3 Å². The topological polar surface area (TPSA) is 79.3 Å². The van der Waals surface area contributed by atoms with Crippen LogP contribution in [0.5, 0.6) is 0 Å². The molecule has 3 aromatic carbocycles. The summed E-state index contributed by atoms with van der Waals surface area (Å²) in [5, 5.41) is 6.15. The lowest BCUT2D eigenvalue weighted by atomic mass is 10.1. The fourth-order valence-corrected chi connectivity index (χ4v) is 5.06. The number of benzene rings is 3. The molecule has 0 saturated carbocycles. The lowest BCUT2D eigenvalue weighted by Crippen LogP contribution is -2.38. The summed E-state index contributed by atoms with van der Waals surface area (Å²) in [5.74, 6) is 0.284. The van der Waals surface area contributed by atoms with Crippen molar-refractivity contribution in [2.24, 2.45) is 0 Å². The molecule has 0 saturated heterocycles. The summed E-state index contributed by atoms with van der Waals surface area (Å²) < 4.78 is 30.2. The molecule has 0 fully saturated rings. The molecule has 42 heavy (non-hydrogen) atoms. The van der Waals surface area contributed by atoms with Crippen LogP contribution in [0, 0.1) is 11.6 Å². The third kappa shape index (κ3) is 6.97. The SMILES string of the molecule is CCCCC(=O)Nc1ccc(CCC(=O)N2CCn3c(nc(-c4cccc(F)c4)c3Nc3ccc(Cl)c(F)c3)C2)cc1. The summed E-state index contributed by atoms with van der Waals surface area (Å²) in [6.07, 6.45) is 3.22. The molecule has 10 heteroatoms. The Morgan fingerprint density at radius 2 is 1.76 bits per heavy atom. The number of unbranched alkanes of at least 4 members (excludes halogenated alkanes) is 1. The maximum atomic E-state index is 14.2. The largest absolute Gasteiger partial charge is 0.340 e. The number of carbonyl (C=O) groups is 2. The molecule has 4 aromatic rings. The Morgan fingerprint density at radius 3 is 2.50 bits per heavy atom. The van der Waals surface area contributed by atoms with Gasteiger partial charge in [-0.05, 0) is 60.9 Å². The van der Waals surface area contributed by atoms with Crippen molar-refractivity contribution in [3.05, 3.63) is 94.8 Å². The smallest absolute Gasteiger partial charge is 0.224 e. The highest BCUT2D eigenvalue weighted by Gasteiger charge is 2.27. The number of anilines is 3. The molecule has 0 unspecified atom stereocenters. The maximum absolute atomic E-state index is 14.2. The number of aryl methyl sites for hydroxylation is 1. The van der Waals surface area contributed by atoms with E-state index in [-0.39, 0.29) is 16.8 Å². The molecule has 1 aliphatic rings. The van der Waals surface area contributed by atoms with E-state index in [0.717, 1.165) is 24.1 Å². The maximum Gasteiger partial charge on any atom is 0.224 e. The van der Waals surface area contributed by atoms with Gasteiger partial charge in [-0.1, -0.05) is 49.2 Å². The summed E-state index contributed by atoms with van der Waals surface area (Å²) in [4.78, 5) is 31.7. The van der Waals surface area contributed by atoms with Crippen molar-refractivity contribution < 1.29 is 18.4 Å². The second-order valence-corrected chi connectivity index (χ2v) is 10.7. The van der Waals surface area contributed by atoms with Gasteiger partial charge < -0.3 is 20.1 Å². The number of halogens is 3. The molecule has 218 valence electrons. The van der Waals surface area contributed by atoms with Crippen LogP contribution in [-0.4, -0.2) is 32.8 Å². The number of nitrogens with one attached hydrogen (secondary N) is 2. The van der Waals surface area contributed by atoms with Gasteiger partial charge in [-0.15, -0.1) is 0 Å². The van der Waals surface area contributed by atoms with E-state index in [9.17, 15) is 18.4 Å². The molecule has 2 N–H and O–H groups in total. The van der Waals surface area contributed by atoms with Crippen molar-refractivity contribution in [2.45, 2.75) is 52.1 Å². The van der Waals surface area contributed by atoms with Gasteiger partial charge in [0, 0.05) is 42.9 Å². The number of aromatic nitrogens is 2. The van der Waals surface area contributed by atoms with E-state index in [1.807, 2.05) is 35.8 Å². The highest BCUT2D eigenvalue weighted by atomic mass is 35.5. The highest BCUT2D eigenvalue weighted by Crippen LogP contribution is 2.34. The van der Waals surface area contributed by atoms with Gasteiger partial charge in [0.05, 0.1) is 11.6 Å². The molecule has 5 rings (SSSR count). The van der Waals surface area contributed by atoms with Crippen molar-refractivity contribution in [1.29, 1.82) is 0 Å². The molecule has 2 amide bonds. The van der Waals surface area contributed by atoms with Gasteiger partial charge >= 0.3 is 0 Å². The average molecular weight is 592 g/mol. The van der Waals surface area contributed by atoms with Crippen LogP contribution in [-0.2, 0) is 29.1 Å². The Bertz CT molecular complexity index is 1590. The van der Waals surface area contributed by atoms with E-state index in [1.165, 1.54) is 24.3 Å². The number of hydrogen-bond donors (Lipinski definition) is 2. The normalized spacial score (nSPS) is 12.6. The fourth-order valence-electron chi connectivity index (χ4n) is 4.94. The van der Waals surface area contributed by atoms with Crippen molar-refractivity contribution in [3.63, 3.8) is 0 Å². The van der Waals surface area contributed by atoms with Crippen LogP contribution < -0.4 is 10.6 Å². The number of nitrogens with zero attached hydrogens (tertiary/aromatic N) is 3. The third-order valence-electron chi connectivity index (χ3n) is 7.23. The zero-order valence-corrected chi connectivity index (χ0v) is 24.1. The average Bonchev–Trinajstić information content (AvgIpc) is 3.35. The van der Waals surface area contributed by atoms with Crippen LogP contribution in [0.15, 0.2) is 66.7 Å². The van der Waals surface area contributed by atoms with Crippen LogP contribution in [0.3, 0.4) is 0 Å². The van der Waals surface area contributed by atoms with E-state index in [4.69, 9.17) is 16.6 Å². The van der Waals surface area contributed by atoms with Crippen LogP contribution >= 0.6 is 11.6 Å². The minimum atomic E-state index is -0.560. The first-order valence-corrected chi connectivity index (χ1v) is 14.4.